The number of allylic oxidation sites excluding steroid dienone is 22. The van der Waals surface area contributed by atoms with Crippen LogP contribution in [-0.4, -0.2) is 49.3 Å². The molecule has 10 heteroatoms. The van der Waals surface area contributed by atoms with E-state index in [0.29, 0.717) is 19.3 Å². The monoisotopic (exact) mass is 781 g/mol. The Kier molecular flexibility index (Phi) is 37.0. The Hall–Kier alpha value is -3.85. The van der Waals surface area contributed by atoms with Crippen LogP contribution < -0.4 is 5.73 Å². The van der Waals surface area contributed by atoms with Gasteiger partial charge < -0.3 is 20.1 Å². The summed E-state index contributed by atoms with van der Waals surface area (Å²) in [6.07, 6.45) is 55.0. The highest BCUT2D eigenvalue weighted by atomic mass is 31.2. The van der Waals surface area contributed by atoms with E-state index in [-0.39, 0.29) is 32.6 Å². The van der Waals surface area contributed by atoms with Crippen molar-refractivity contribution in [1.82, 2.24) is 0 Å². The Bertz CT molecular complexity index is 1350. The van der Waals surface area contributed by atoms with Gasteiger partial charge in [-0.15, -0.1) is 0 Å². The lowest BCUT2D eigenvalue weighted by Gasteiger charge is -2.19. The van der Waals surface area contributed by atoms with Crippen molar-refractivity contribution in [3.8, 4) is 0 Å². The molecule has 0 aliphatic rings. The second-order valence-corrected chi connectivity index (χ2v) is 13.6. The third-order valence-electron chi connectivity index (χ3n) is 7.16. The summed E-state index contributed by atoms with van der Waals surface area (Å²) < 4.78 is 32.5. The molecule has 0 rings (SSSR count). The summed E-state index contributed by atoms with van der Waals surface area (Å²) in [7, 11) is -4.41. The summed E-state index contributed by atoms with van der Waals surface area (Å²) in [5.41, 5.74) is 5.32. The van der Waals surface area contributed by atoms with Crippen LogP contribution in [0.4, 0.5) is 0 Å². The predicted octanol–water partition coefficient (Wildman–Crippen LogP) is 11.2. The number of ether oxygens (including phenoxy) is 2. The molecule has 306 valence electrons. The molecule has 0 bridgehead atoms. The average molecular weight is 782 g/mol. The minimum absolute atomic E-state index is 0.0270. The lowest BCUT2D eigenvalue weighted by molar-refractivity contribution is -0.161. The zero-order chi connectivity index (χ0) is 40.3. The van der Waals surface area contributed by atoms with Crippen molar-refractivity contribution < 1.29 is 37.6 Å². The number of phosphoric acid groups is 1. The van der Waals surface area contributed by atoms with Crippen LogP contribution in [0, 0.1) is 0 Å². The number of phosphoric ester groups is 1. The van der Waals surface area contributed by atoms with Crippen LogP contribution >= 0.6 is 7.82 Å². The fraction of sp³-hybridized carbons (Fsp3) is 0.467. The molecule has 0 fully saturated rings. The number of hydrogen-bond acceptors (Lipinski definition) is 8. The van der Waals surface area contributed by atoms with E-state index in [2.05, 4.69) is 92.8 Å². The normalized spacial score (nSPS) is 14.8. The number of rotatable bonds is 34. The number of carbonyl (C=O) groups is 2. The molecule has 2 unspecified atom stereocenters. The molecular formula is C45H68NO8P. The lowest BCUT2D eigenvalue weighted by atomic mass is 10.2. The first-order valence-corrected chi connectivity index (χ1v) is 21.2. The first kappa shape index (κ1) is 51.1. The Labute approximate surface area is 332 Å². The maximum atomic E-state index is 12.5. The molecule has 0 radical (unpaired) electrons. The van der Waals surface area contributed by atoms with Gasteiger partial charge in [-0.05, 0) is 77.0 Å². The Balaban J connectivity index is 4.40. The van der Waals surface area contributed by atoms with Gasteiger partial charge in [-0.3, -0.25) is 18.6 Å². The third-order valence-corrected chi connectivity index (χ3v) is 8.14. The van der Waals surface area contributed by atoms with Crippen molar-refractivity contribution in [2.45, 2.75) is 110 Å². The van der Waals surface area contributed by atoms with Gasteiger partial charge in [-0.2, -0.15) is 0 Å². The van der Waals surface area contributed by atoms with Crippen LogP contribution in [0.2, 0.25) is 0 Å². The summed E-state index contributed by atoms with van der Waals surface area (Å²) in [5.74, 6) is -0.986. The average Bonchev–Trinajstić information content (AvgIpc) is 3.17. The highest BCUT2D eigenvalue weighted by Gasteiger charge is 2.25. The molecule has 2 atom stereocenters. The summed E-state index contributed by atoms with van der Waals surface area (Å²) in [5, 5.41) is 0. The van der Waals surface area contributed by atoms with Crippen molar-refractivity contribution in [2.24, 2.45) is 5.73 Å². The highest BCUT2D eigenvalue weighted by Crippen LogP contribution is 2.43. The van der Waals surface area contributed by atoms with Gasteiger partial charge in [0.25, 0.3) is 0 Å². The Morgan fingerprint density at radius 2 is 1.04 bits per heavy atom. The fourth-order valence-corrected chi connectivity index (χ4v) is 5.08. The zero-order valence-electron chi connectivity index (χ0n) is 33.3. The number of hydrogen-bond donors (Lipinski definition) is 2. The van der Waals surface area contributed by atoms with Gasteiger partial charge >= 0.3 is 19.8 Å². The first-order chi connectivity index (χ1) is 26.8. The maximum Gasteiger partial charge on any atom is 0.472 e. The summed E-state index contributed by atoms with van der Waals surface area (Å²) in [6.45, 7) is 3.28. The standard InChI is InChI=1S/C45H68NO8P/c1-3-5-7-9-11-13-15-17-18-19-20-21-22-23-24-26-27-29-31-33-35-37-44(47)51-41-43(42-53-55(49,50)52-40-39-46)54-45(48)38-36-34-32-30-28-25-16-14-12-10-8-6-4-2/h5-8,10-14,16-18,20-21,23-25,27-30,32,43H,3-4,9,15,19,22,26,31,33-42,46H2,1-2H3,(H,49,50)/b7-5+,8-6+,12-10+,13-11+,16-14+,18-17+,21-20+,24-23+,28-25+,29-27+,32-30+. The van der Waals surface area contributed by atoms with E-state index < -0.39 is 32.5 Å². The van der Waals surface area contributed by atoms with Crippen LogP contribution in [-0.2, 0) is 32.7 Å². The molecule has 0 saturated carbocycles. The molecule has 9 nitrogen and oxygen atoms in total. The quantitative estimate of drug-likeness (QED) is 0.0215. The molecule has 55 heavy (non-hydrogen) atoms. The number of nitrogens with two attached hydrogens (primary N) is 1. The van der Waals surface area contributed by atoms with Gasteiger partial charge in [-0.25, -0.2) is 4.57 Å². The second kappa shape index (κ2) is 39.8. The molecule has 0 aromatic rings. The SMILES string of the molecule is CC/C=C/C=C/C=C/C=C/C=C/CCCC(=O)OC(COC(=O)CCCC/C=C/C/C=C/C/C=C/C/C=C/C/C=C/C/C=C/CC)COP(=O)(O)OCCN. The van der Waals surface area contributed by atoms with Crippen LogP contribution in [0.1, 0.15) is 104 Å². The number of unbranched alkanes of at least 4 members (excludes halogenated alkanes) is 3. The summed E-state index contributed by atoms with van der Waals surface area (Å²) in [4.78, 5) is 34.7. The molecule has 0 amide bonds. The van der Waals surface area contributed by atoms with Gasteiger partial charge in [0.15, 0.2) is 6.10 Å². The molecule has 0 heterocycles. The van der Waals surface area contributed by atoms with E-state index >= 15 is 0 Å². The predicted molar refractivity (Wildman–Crippen MR) is 228 cm³/mol. The fourth-order valence-electron chi connectivity index (χ4n) is 4.31. The van der Waals surface area contributed by atoms with E-state index in [4.69, 9.17) is 24.3 Å². The van der Waals surface area contributed by atoms with Gasteiger partial charge in [0, 0.05) is 19.4 Å². The second-order valence-electron chi connectivity index (χ2n) is 12.2. The summed E-state index contributed by atoms with van der Waals surface area (Å²) in [6, 6.07) is 0. The molecule has 0 aliphatic heterocycles. The lowest BCUT2D eigenvalue weighted by Crippen LogP contribution is -2.29. The molecule has 0 saturated heterocycles. The number of carbonyl (C=O) groups excluding carboxylic acids is 2. The van der Waals surface area contributed by atoms with Crippen LogP contribution in [0.3, 0.4) is 0 Å². The van der Waals surface area contributed by atoms with Gasteiger partial charge in [-0.1, -0.05) is 148 Å². The van der Waals surface area contributed by atoms with Crippen LogP contribution in [0.15, 0.2) is 134 Å². The topological polar surface area (TPSA) is 134 Å². The first-order valence-electron chi connectivity index (χ1n) is 19.7. The van der Waals surface area contributed by atoms with Gasteiger partial charge in [0.2, 0.25) is 0 Å². The van der Waals surface area contributed by atoms with Crippen molar-refractivity contribution in [3.05, 3.63) is 134 Å². The molecule has 0 spiro atoms. The highest BCUT2D eigenvalue weighted by molar-refractivity contribution is 7.47. The van der Waals surface area contributed by atoms with Crippen LogP contribution in [0.5, 0.6) is 0 Å². The smallest absolute Gasteiger partial charge is 0.462 e. The maximum absolute atomic E-state index is 12.5. The molecule has 3 N–H and O–H groups in total. The van der Waals surface area contributed by atoms with E-state index in [1.54, 1.807) is 0 Å². The van der Waals surface area contributed by atoms with Crippen molar-refractivity contribution in [1.29, 1.82) is 0 Å². The minimum atomic E-state index is -4.41. The molecule has 0 aliphatic carbocycles. The Morgan fingerprint density at radius 1 is 0.564 bits per heavy atom. The number of esters is 2. The summed E-state index contributed by atoms with van der Waals surface area (Å²) >= 11 is 0. The largest absolute Gasteiger partial charge is 0.472 e. The van der Waals surface area contributed by atoms with E-state index in [9.17, 15) is 19.0 Å². The van der Waals surface area contributed by atoms with Crippen molar-refractivity contribution >= 4 is 19.8 Å². The Morgan fingerprint density at radius 3 is 1.58 bits per heavy atom. The molecular weight excluding hydrogens is 713 g/mol. The third kappa shape index (κ3) is 39.7. The van der Waals surface area contributed by atoms with Gasteiger partial charge in [0.1, 0.15) is 6.61 Å². The van der Waals surface area contributed by atoms with Crippen molar-refractivity contribution in [3.63, 3.8) is 0 Å². The molecule has 0 aromatic heterocycles. The van der Waals surface area contributed by atoms with E-state index in [1.807, 2.05) is 54.7 Å². The van der Waals surface area contributed by atoms with E-state index in [0.717, 1.165) is 57.8 Å². The molecule has 0 aromatic carbocycles. The van der Waals surface area contributed by atoms with E-state index in [1.165, 1.54) is 0 Å². The minimum Gasteiger partial charge on any atom is -0.462 e. The van der Waals surface area contributed by atoms with Crippen LogP contribution in [0.25, 0.3) is 0 Å². The zero-order valence-corrected chi connectivity index (χ0v) is 34.2. The van der Waals surface area contributed by atoms with Gasteiger partial charge in [0.05, 0.1) is 13.2 Å². The van der Waals surface area contributed by atoms with Crippen molar-refractivity contribution in [2.75, 3.05) is 26.4 Å².